The number of hydrogen-bond acceptors (Lipinski definition) is 5. The Bertz CT molecular complexity index is 1080. The van der Waals surface area contributed by atoms with Crippen molar-refractivity contribution in [3.05, 3.63) is 74.6 Å². The number of aryl methyl sites for hydroxylation is 1. The Morgan fingerprint density at radius 3 is 2.59 bits per heavy atom. The summed E-state index contributed by atoms with van der Waals surface area (Å²) in [6.45, 7) is 1.78. The first-order chi connectivity index (χ1) is 13.0. The van der Waals surface area contributed by atoms with E-state index in [1.807, 2.05) is 0 Å². The molecule has 8 heteroatoms. The number of azo groups is 1. The molecule has 3 rings (SSSR count). The van der Waals surface area contributed by atoms with E-state index >= 15 is 0 Å². The molecule has 2 aromatic carbocycles. The van der Waals surface area contributed by atoms with Crippen molar-refractivity contribution in [3.8, 4) is 6.07 Å². The van der Waals surface area contributed by atoms with Crippen LogP contribution in [0, 0.1) is 24.1 Å². The molecule has 0 N–H and O–H groups in total. The molecule has 1 aromatic heterocycles. The molecular weight excluding hydrogens is 406 g/mol. The van der Waals surface area contributed by atoms with Crippen LogP contribution in [0.4, 0.5) is 15.1 Å². The van der Waals surface area contributed by atoms with Gasteiger partial charge >= 0.3 is 0 Å². The Kier molecular flexibility index (Phi) is 5.97. The predicted molar refractivity (Wildman–Crippen MR) is 107 cm³/mol. The molecule has 0 fully saturated rings. The molecule has 1 heterocycles. The van der Waals surface area contributed by atoms with Crippen LogP contribution < -0.4 is 0 Å². The first-order valence-electron chi connectivity index (χ1n) is 7.68. The van der Waals surface area contributed by atoms with E-state index in [1.54, 1.807) is 31.2 Å². The van der Waals surface area contributed by atoms with Gasteiger partial charge in [0.2, 0.25) is 0 Å². The Labute approximate surface area is 169 Å². The summed E-state index contributed by atoms with van der Waals surface area (Å²) < 4.78 is 12.9. The summed E-state index contributed by atoms with van der Waals surface area (Å²) in [7, 11) is 0. The molecule has 0 spiro atoms. The van der Waals surface area contributed by atoms with Gasteiger partial charge in [0.15, 0.2) is 5.00 Å². The topological polar surface area (TPSA) is 61.4 Å². The molecule has 0 atom stereocenters. The zero-order valence-electron chi connectivity index (χ0n) is 13.9. The molecule has 0 unspecified atom stereocenters. The summed E-state index contributed by atoms with van der Waals surface area (Å²) in [6.07, 6.45) is 1.65. The van der Waals surface area contributed by atoms with Gasteiger partial charge in [0.05, 0.1) is 17.0 Å². The lowest BCUT2D eigenvalue weighted by Crippen LogP contribution is -1.82. The lowest BCUT2D eigenvalue weighted by molar-refractivity contribution is 0.628. The van der Waals surface area contributed by atoms with Crippen molar-refractivity contribution >= 4 is 56.9 Å². The molecule has 0 aliphatic carbocycles. The minimum atomic E-state index is -0.338. The van der Waals surface area contributed by atoms with Crippen molar-refractivity contribution < 1.29 is 4.39 Å². The fraction of sp³-hybridized carbons (Fsp3) is 0.0526. The summed E-state index contributed by atoms with van der Waals surface area (Å²) in [5.74, 6) is -0.338. The number of allylic oxidation sites excluding steroid dienone is 1. The van der Waals surface area contributed by atoms with Crippen molar-refractivity contribution in [2.24, 2.45) is 10.2 Å². The summed E-state index contributed by atoms with van der Waals surface area (Å²) in [4.78, 5) is 4.40. The third-order valence-corrected chi connectivity index (χ3v) is 5.11. The van der Waals surface area contributed by atoms with Gasteiger partial charge in [-0.05, 0) is 55.0 Å². The van der Waals surface area contributed by atoms with Gasteiger partial charge in [-0.25, -0.2) is 9.37 Å². The van der Waals surface area contributed by atoms with E-state index in [4.69, 9.17) is 23.2 Å². The zero-order valence-corrected chi connectivity index (χ0v) is 16.3. The molecule has 0 saturated heterocycles. The number of nitrogens with zero attached hydrogens (tertiary/aromatic N) is 4. The average molecular weight is 417 g/mol. The smallest absolute Gasteiger partial charge is 0.162 e. The number of benzene rings is 2. The van der Waals surface area contributed by atoms with Crippen molar-refractivity contribution in [2.75, 3.05) is 0 Å². The Balaban J connectivity index is 1.90. The molecule has 0 saturated carbocycles. The van der Waals surface area contributed by atoms with E-state index < -0.39 is 0 Å². The average Bonchev–Trinajstić information content (AvgIpc) is 3.01. The molecule has 134 valence electrons. The second-order valence-electron chi connectivity index (χ2n) is 5.42. The van der Waals surface area contributed by atoms with Gasteiger partial charge in [0, 0.05) is 10.0 Å². The molecule has 0 bridgehead atoms. The third kappa shape index (κ3) is 4.77. The van der Waals surface area contributed by atoms with Gasteiger partial charge in [-0.3, -0.25) is 0 Å². The van der Waals surface area contributed by atoms with Crippen LogP contribution in [0.15, 0.2) is 52.7 Å². The van der Waals surface area contributed by atoms with E-state index in [2.05, 4.69) is 21.3 Å². The van der Waals surface area contributed by atoms with E-state index in [0.29, 0.717) is 42.6 Å². The van der Waals surface area contributed by atoms with Crippen molar-refractivity contribution in [2.45, 2.75) is 6.92 Å². The van der Waals surface area contributed by atoms with Crippen molar-refractivity contribution in [3.63, 3.8) is 0 Å². The maximum absolute atomic E-state index is 12.9. The minimum Gasteiger partial charge on any atom is -0.238 e. The summed E-state index contributed by atoms with van der Waals surface area (Å²) >= 11 is 13.3. The highest BCUT2D eigenvalue weighted by Gasteiger charge is 2.12. The molecular formula is C19H11Cl2FN4S. The minimum absolute atomic E-state index is 0.338. The fourth-order valence-electron chi connectivity index (χ4n) is 2.12. The maximum atomic E-state index is 12.9. The van der Waals surface area contributed by atoms with E-state index in [9.17, 15) is 9.65 Å². The van der Waals surface area contributed by atoms with Crippen LogP contribution in [0.25, 0.3) is 11.6 Å². The maximum Gasteiger partial charge on any atom is 0.162 e. The van der Waals surface area contributed by atoms with Gasteiger partial charge in [-0.15, -0.1) is 10.2 Å². The molecule has 3 aromatic rings. The highest BCUT2D eigenvalue weighted by molar-refractivity contribution is 7.16. The number of halogens is 3. The van der Waals surface area contributed by atoms with Gasteiger partial charge in [-0.1, -0.05) is 40.6 Å². The van der Waals surface area contributed by atoms with Crippen LogP contribution in [0.5, 0.6) is 0 Å². The van der Waals surface area contributed by atoms with Gasteiger partial charge < -0.3 is 0 Å². The molecule has 0 aliphatic rings. The monoisotopic (exact) mass is 416 g/mol. The van der Waals surface area contributed by atoms with Gasteiger partial charge in [-0.2, -0.15) is 5.26 Å². The highest BCUT2D eigenvalue weighted by Crippen LogP contribution is 2.34. The number of rotatable bonds is 4. The Morgan fingerprint density at radius 2 is 1.93 bits per heavy atom. The van der Waals surface area contributed by atoms with Crippen molar-refractivity contribution in [1.29, 1.82) is 5.26 Å². The fourth-order valence-corrected chi connectivity index (χ4v) is 3.44. The number of nitriles is 1. The van der Waals surface area contributed by atoms with Crippen LogP contribution in [0.2, 0.25) is 10.0 Å². The van der Waals surface area contributed by atoms with Crippen LogP contribution in [-0.2, 0) is 0 Å². The zero-order chi connectivity index (χ0) is 19.4. The normalized spacial score (nSPS) is 11.7. The molecule has 0 radical (unpaired) electrons. The number of thiazole rings is 1. The standard InChI is InChI=1S/C19H11Cl2FN4S/c1-11-18(26-25-16-6-4-15(22)5-7-16)27-19(24-11)13(10-23)8-12-2-3-14(20)9-17(12)21/h2-9H,1H3/b13-8-,26-25?. The molecule has 27 heavy (non-hydrogen) atoms. The van der Waals surface area contributed by atoms with Crippen molar-refractivity contribution in [1.82, 2.24) is 4.98 Å². The number of aromatic nitrogens is 1. The predicted octanol–water partition coefficient (Wildman–Crippen LogP) is 7.38. The number of hydrogen-bond donors (Lipinski definition) is 0. The second-order valence-corrected chi connectivity index (χ2v) is 7.24. The molecule has 4 nitrogen and oxygen atoms in total. The first kappa shape index (κ1) is 19.2. The van der Waals surface area contributed by atoms with E-state index in [-0.39, 0.29) is 5.82 Å². The quantitative estimate of drug-likeness (QED) is 0.328. The first-order valence-corrected chi connectivity index (χ1v) is 9.25. The third-order valence-electron chi connectivity index (χ3n) is 3.47. The Morgan fingerprint density at radius 1 is 1.19 bits per heavy atom. The largest absolute Gasteiger partial charge is 0.238 e. The van der Waals surface area contributed by atoms with Gasteiger partial charge in [0.25, 0.3) is 0 Å². The lowest BCUT2D eigenvalue weighted by atomic mass is 10.1. The summed E-state index contributed by atoms with van der Waals surface area (Å²) in [5.41, 5.74) is 2.19. The summed E-state index contributed by atoms with van der Waals surface area (Å²) in [5, 5.41) is 19.8. The second kappa shape index (κ2) is 8.40. The highest BCUT2D eigenvalue weighted by atomic mass is 35.5. The molecule has 0 aliphatic heterocycles. The van der Waals surface area contributed by atoms with Gasteiger partial charge in [0.1, 0.15) is 16.9 Å². The van der Waals surface area contributed by atoms with Crippen LogP contribution >= 0.6 is 34.5 Å². The Hall–Kier alpha value is -2.59. The van der Waals surface area contributed by atoms with Crippen LogP contribution in [0.1, 0.15) is 16.3 Å². The lowest BCUT2D eigenvalue weighted by Gasteiger charge is -1.99. The van der Waals surface area contributed by atoms with Crippen LogP contribution in [0.3, 0.4) is 0 Å². The summed E-state index contributed by atoms with van der Waals surface area (Å²) in [6, 6.07) is 12.9. The van der Waals surface area contributed by atoms with E-state index in [0.717, 1.165) is 0 Å². The van der Waals surface area contributed by atoms with Crippen LogP contribution in [-0.4, -0.2) is 4.98 Å². The molecule has 0 amide bonds. The van der Waals surface area contributed by atoms with E-state index in [1.165, 1.54) is 35.6 Å². The SMILES string of the molecule is Cc1nc(/C(C#N)=C\c2ccc(Cl)cc2Cl)sc1N=Nc1ccc(F)cc1.